The molecule has 0 radical (unpaired) electrons. The first-order chi connectivity index (χ1) is 10.1. The van der Waals surface area contributed by atoms with Gasteiger partial charge < -0.3 is 15.2 Å². The molecule has 0 unspecified atom stereocenters. The molecule has 0 aliphatic heterocycles. The normalized spacial score (nSPS) is 21.6. The number of benzene rings is 1. The average molecular weight is 295 g/mol. The Kier molecular flexibility index (Phi) is 5.14. The lowest BCUT2D eigenvalue weighted by Gasteiger charge is -2.26. The van der Waals surface area contributed by atoms with Crippen molar-refractivity contribution in [1.29, 1.82) is 0 Å². The van der Waals surface area contributed by atoms with E-state index >= 15 is 0 Å². The van der Waals surface area contributed by atoms with Gasteiger partial charge in [0.1, 0.15) is 11.9 Å². The van der Waals surface area contributed by atoms with E-state index in [1.165, 1.54) is 24.3 Å². The topological polar surface area (TPSA) is 75.6 Å². The number of halogens is 1. The monoisotopic (exact) mass is 295 g/mol. The fraction of sp³-hybridized carbons (Fsp3) is 0.467. The number of carbonyl (C=O) groups is 2. The first kappa shape index (κ1) is 15.3. The number of carbonyl (C=O) groups excluding carboxylic acids is 1. The van der Waals surface area contributed by atoms with Crippen molar-refractivity contribution in [3.05, 3.63) is 29.8 Å². The van der Waals surface area contributed by atoms with Crippen molar-refractivity contribution in [3.8, 4) is 5.75 Å². The summed E-state index contributed by atoms with van der Waals surface area (Å²) >= 11 is 0. The van der Waals surface area contributed by atoms with E-state index in [9.17, 15) is 14.0 Å². The molecule has 6 heteroatoms. The van der Waals surface area contributed by atoms with Crippen LogP contribution in [0, 0.1) is 0 Å². The number of amides is 1. The SMILES string of the molecule is O=C(O)COc1ccc(C(=O)N[C@@H]2CCCC[C@H]2F)cc1. The molecule has 21 heavy (non-hydrogen) atoms. The van der Waals surface area contributed by atoms with E-state index in [2.05, 4.69) is 5.32 Å². The largest absolute Gasteiger partial charge is 0.482 e. The van der Waals surface area contributed by atoms with Crippen LogP contribution in [0.5, 0.6) is 5.75 Å². The summed E-state index contributed by atoms with van der Waals surface area (Å²) in [5.74, 6) is -1.02. The molecular formula is C15H18FNO4. The van der Waals surface area contributed by atoms with Crippen molar-refractivity contribution in [2.45, 2.75) is 37.9 Å². The van der Waals surface area contributed by atoms with Crippen molar-refractivity contribution in [3.63, 3.8) is 0 Å². The van der Waals surface area contributed by atoms with Crippen molar-refractivity contribution in [2.75, 3.05) is 6.61 Å². The molecule has 0 bridgehead atoms. The molecule has 1 fully saturated rings. The van der Waals surface area contributed by atoms with E-state index in [0.29, 0.717) is 24.2 Å². The number of ether oxygens (including phenoxy) is 1. The van der Waals surface area contributed by atoms with Crippen LogP contribution >= 0.6 is 0 Å². The van der Waals surface area contributed by atoms with Crippen LogP contribution in [-0.4, -0.2) is 35.8 Å². The van der Waals surface area contributed by atoms with Gasteiger partial charge in [-0.1, -0.05) is 12.8 Å². The highest BCUT2D eigenvalue weighted by atomic mass is 19.1. The van der Waals surface area contributed by atoms with Crippen molar-refractivity contribution in [2.24, 2.45) is 0 Å². The van der Waals surface area contributed by atoms with Crippen LogP contribution in [0.3, 0.4) is 0 Å². The van der Waals surface area contributed by atoms with E-state index in [0.717, 1.165) is 12.8 Å². The van der Waals surface area contributed by atoms with Crippen LogP contribution in [0.25, 0.3) is 0 Å². The molecule has 1 aromatic carbocycles. The summed E-state index contributed by atoms with van der Waals surface area (Å²) in [6, 6.07) is 5.68. The van der Waals surface area contributed by atoms with Crippen LogP contribution in [0.15, 0.2) is 24.3 Å². The van der Waals surface area contributed by atoms with Crippen LogP contribution in [0.4, 0.5) is 4.39 Å². The van der Waals surface area contributed by atoms with Gasteiger partial charge in [0.15, 0.2) is 6.61 Å². The zero-order valence-corrected chi connectivity index (χ0v) is 11.5. The second-order valence-corrected chi connectivity index (χ2v) is 5.09. The van der Waals surface area contributed by atoms with Gasteiger partial charge in [0.25, 0.3) is 5.91 Å². The summed E-state index contributed by atoms with van der Waals surface area (Å²) in [6.07, 6.45) is 1.96. The van der Waals surface area contributed by atoms with Gasteiger partial charge in [0.2, 0.25) is 0 Å². The van der Waals surface area contributed by atoms with Gasteiger partial charge in [-0.3, -0.25) is 4.79 Å². The highest BCUT2D eigenvalue weighted by Crippen LogP contribution is 2.21. The fourth-order valence-electron chi connectivity index (χ4n) is 2.35. The number of hydrogen-bond donors (Lipinski definition) is 2. The molecule has 1 aliphatic rings. The smallest absolute Gasteiger partial charge is 0.341 e. The van der Waals surface area contributed by atoms with Gasteiger partial charge in [-0.2, -0.15) is 0 Å². The second-order valence-electron chi connectivity index (χ2n) is 5.09. The summed E-state index contributed by atoms with van der Waals surface area (Å²) in [6.45, 7) is -0.433. The maximum Gasteiger partial charge on any atom is 0.341 e. The number of carboxylic acid groups (broad SMARTS) is 1. The predicted molar refractivity (Wildman–Crippen MR) is 74.2 cm³/mol. The highest BCUT2D eigenvalue weighted by molar-refractivity contribution is 5.94. The number of hydrogen-bond acceptors (Lipinski definition) is 3. The number of alkyl halides is 1. The quantitative estimate of drug-likeness (QED) is 0.873. The molecule has 114 valence electrons. The maximum atomic E-state index is 13.7. The van der Waals surface area contributed by atoms with Gasteiger partial charge in [0, 0.05) is 5.56 Å². The Labute approximate surface area is 122 Å². The van der Waals surface area contributed by atoms with Crippen LogP contribution in [0.1, 0.15) is 36.0 Å². The molecule has 1 amide bonds. The summed E-state index contributed by atoms with van der Waals surface area (Å²) in [7, 11) is 0. The third kappa shape index (κ3) is 4.44. The van der Waals surface area contributed by atoms with Crippen LogP contribution < -0.4 is 10.1 Å². The minimum atomic E-state index is -1.07. The molecule has 2 N–H and O–H groups in total. The molecule has 0 spiro atoms. The molecule has 1 aromatic rings. The summed E-state index contributed by atoms with van der Waals surface area (Å²) in [4.78, 5) is 22.4. The van der Waals surface area contributed by atoms with Crippen molar-refractivity contribution in [1.82, 2.24) is 5.32 Å². The third-order valence-electron chi connectivity index (χ3n) is 3.48. The maximum absolute atomic E-state index is 13.7. The van der Waals surface area contributed by atoms with E-state index in [1.54, 1.807) is 0 Å². The van der Waals surface area contributed by atoms with E-state index in [4.69, 9.17) is 9.84 Å². The van der Waals surface area contributed by atoms with E-state index < -0.39 is 24.8 Å². The van der Waals surface area contributed by atoms with Gasteiger partial charge in [-0.15, -0.1) is 0 Å². The Hall–Kier alpha value is -2.11. The first-order valence-electron chi connectivity index (χ1n) is 6.96. The van der Waals surface area contributed by atoms with Gasteiger partial charge in [-0.25, -0.2) is 9.18 Å². The Morgan fingerprint density at radius 2 is 1.90 bits per heavy atom. The summed E-state index contributed by atoms with van der Waals surface area (Å²) < 4.78 is 18.7. The molecule has 0 heterocycles. The van der Waals surface area contributed by atoms with E-state index in [-0.39, 0.29) is 5.91 Å². The lowest BCUT2D eigenvalue weighted by Crippen LogP contribution is -2.43. The Balaban J connectivity index is 1.91. The third-order valence-corrected chi connectivity index (χ3v) is 3.48. The average Bonchev–Trinajstić information content (AvgIpc) is 2.48. The van der Waals surface area contributed by atoms with Gasteiger partial charge in [0.05, 0.1) is 6.04 Å². The van der Waals surface area contributed by atoms with E-state index in [1.807, 2.05) is 0 Å². The fourth-order valence-corrected chi connectivity index (χ4v) is 2.35. The van der Waals surface area contributed by atoms with Gasteiger partial charge >= 0.3 is 5.97 Å². The summed E-state index contributed by atoms with van der Waals surface area (Å²) in [5, 5.41) is 11.2. The Bertz CT molecular complexity index is 503. The number of aliphatic carboxylic acids is 1. The van der Waals surface area contributed by atoms with Crippen LogP contribution in [-0.2, 0) is 4.79 Å². The standard InChI is InChI=1S/C15H18FNO4/c16-12-3-1-2-4-13(12)17-15(20)10-5-7-11(8-6-10)21-9-14(18)19/h5-8,12-13H,1-4,9H2,(H,17,20)(H,18,19)/t12-,13-/m1/s1. The lowest BCUT2D eigenvalue weighted by molar-refractivity contribution is -0.139. The number of carboxylic acids is 1. The predicted octanol–water partition coefficient (Wildman–Crippen LogP) is 2.16. The molecule has 1 aliphatic carbocycles. The first-order valence-corrected chi connectivity index (χ1v) is 6.96. The molecule has 0 aromatic heterocycles. The van der Waals surface area contributed by atoms with Crippen LogP contribution in [0.2, 0.25) is 0 Å². The molecule has 5 nitrogen and oxygen atoms in total. The Morgan fingerprint density at radius 1 is 1.24 bits per heavy atom. The molecule has 2 atom stereocenters. The molecule has 1 saturated carbocycles. The highest BCUT2D eigenvalue weighted by Gasteiger charge is 2.26. The lowest BCUT2D eigenvalue weighted by atomic mass is 9.93. The van der Waals surface area contributed by atoms with Crippen molar-refractivity contribution >= 4 is 11.9 Å². The number of nitrogens with one attached hydrogen (secondary N) is 1. The van der Waals surface area contributed by atoms with Gasteiger partial charge in [-0.05, 0) is 37.1 Å². The Morgan fingerprint density at radius 3 is 2.52 bits per heavy atom. The molecule has 2 rings (SSSR count). The minimum Gasteiger partial charge on any atom is -0.482 e. The molecular weight excluding hydrogens is 277 g/mol. The minimum absolute atomic E-state index is 0.325. The zero-order chi connectivity index (χ0) is 15.2. The zero-order valence-electron chi connectivity index (χ0n) is 11.5. The number of rotatable bonds is 5. The summed E-state index contributed by atoms with van der Waals surface area (Å²) in [5.41, 5.74) is 0.399. The van der Waals surface area contributed by atoms with Crippen molar-refractivity contribution < 1.29 is 23.8 Å². The molecule has 0 saturated heterocycles. The second kappa shape index (κ2) is 7.06.